The maximum atomic E-state index is 11.1. The molecule has 17 heavy (non-hydrogen) atoms. The molecule has 1 aromatic rings. The molecule has 1 heterocycles. The number of carbonyl (C=O) groups excluding carboxylic acids is 1. The standard InChI is InChI=1S/C12H19NO2S2/c1-15-12(14)8-10-4-5-11(17-10)9-13-6-3-7-16-2/h4-5,13H,3,6-9H2,1-2H3. The molecule has 96 valence electrons. The van der Waals surface area contributed by atoms with E-state index in [-0.39, 0.29) is 5.97 Å². The molecule has 0 aromatic carbocycles. The van der Waals surface area contributed by atoms with Crippen LogP contribution in [0.5, 0.6) is 0 Å². The molecular weight excluding hydrogens is 254 g/mol. The smallest absolute Gasteiger partial charge is 0.310 e. The summed E-state index contributed by atoms with van der Waals surface area (Å²) in [6, 6.07) is 4.07. The van der Waals surface area contributed by atoms with Gasteiger partial charge >= 0.3 is 5.97 Å². The molecule has 1 N–H and O–H groups in total. The van der Waals surface area contributed by atoms with E-state index in [4.69, 9.17) is 0 Å². The van der Waals surface area contributed by atoms with Crippen LogP contribution in [0.1, 0.15) is 16.2 Å². The summed E-state index contributed by atoms with van der Waals surface area (Å²) < 4.78 is 4.64. The molecule has 0 fully saturated rings. The van der Waals surface area contributed by atoms with Crippen molar-refractivity contribution in [2.75, 3.05) is 25.7 Å². The molecule has 0 aliphatic carbocycles. The number of carbonyl (C=O) groups is 1. The molecule has 0 aliphatic rings. The number of esters is 1. The summed E-state index contributed by atoms with van der Waals surface area (Å²) in [7, 11) is 1.42. The Kier molecular flexibility index (Phi) is 7.32. The molecule has 0 amide bonds. The van der Waals surface area contributed by atoms with Crippen molar-refractivity contribution in [2.45, 2.75) is 19.4 Å². The Bertz CT molecular complexity index is 339. The van der Waals surface area contributed by atoms with Gasteiger partial charge in [0.2, 0.25) is 0 Å². The van der Waals surface area contributed by atoms with Gasteiger partial charge in [0.15, 0.2) is 0 Å². The van der Waals surface area contributed by atoms with Gasteiger partial charge in [-0.1, -0.05) is 0 Å². The number of thioether (sulfide) groups is 1. The van der Waals surface area contributed by atoms with Gasteiger partial charge < -0.3 is 10.1 Å². The van der Waals surface area contributed by atoms with Crippen molar-refractivity contribution < 1.29 is 9.53 Å². The minimum absolute atomic E-state index is 0.175. The van der Waals surface area contributed by atoms with Crippen LogP contribution in [-0.2, 0) is 22.5 Å². The van der Waals surface area contributed by atoms with Gasteiger partial charge in [-0.05, 0) is 37.1 Å². The van der Waals surface area contributed by atoms with E-state index >= 15 is 0 Å². The van der Waals surface area contributed by atoms with Gasteiger partial charge in [-0.3, -0.25) is 4.79 Å². The first kappa shape index (κ1) is 14.5. The van der Waals surface area contributed by atoms with Crippen LogP contribution in [0, 0.1) is 0 Å². The van der Waals surface area contributed by atoms with Gasteiger partial charge in [-0.2, -0.15) is 11.8 Å². The number of methoxy groups -OCH3 is 1. The lowest BCUT2D eigenvalue weighted by Crippen LogP contribution is -2.14. The van der Waals surface area contributed by atoms with E-state index in [1.807, 2.05) is 17.8 Å². The topological polar surface area (TPSA) is 38.3 Å². The Morgan fingerprint density at radius 3 is 2.94 bits per heavy atom. The minimum atomic E-state index is -0.175. The first-order valence-corrected chi connectivity index (χ1v) is 7.81. The van der Waals surface area contributed by atoms with Crippen LogP contribution < -0.4 is 5.32 Å². The zero-order chi connectivity index (χ0) is 12.5. The molecular formula is C12H19NO2S2. The summed E-state index contributed by atoms with van der Waals surface area (Å²) in [5.41, 5.74) is 0. The van der Waals surface area contributed by atoms with Crippen LogP contribution in [-0.4, -0.2) is 31.6 Å². The van der Waals surface area contributed by atoms with Gasteiger partial charge in [0.1, 0.15) is 0 Å². The van der Waals surface area contributed by atoms with Gasteiger partial charge in [0, 0.05) is 16.3 Å². The normalized spacial score (nSPS) is 10.5. The van der Waals surface area contributed by atoms with E-state index < -0.39 is 0 Å². The van der Waals surface area contributed by atoms with Crippen molar-refractivity contribution in [2.24, 2.45) is 0 Å². The number of hydrogen-bond acceptors (Lipinski definition) is 5. The molecule has 1 aromatic heterocycles. The summed E-state index contributed by atoms with van der Waals surface area (Å²) in [5.74, 6) is 1.02. The van der Waals surface area contributed by atoms with Gasteiger partial charge in [-0.15, -0.1) is 11.3 Å². The molecule has 0 saturated heterocycles. The molecule has 1 rings (SSSR count). The molecule has 0 saturated carbocycles. The monoisotopic (exact) mass is 273 g/mol. The molecule has 3 nitrogen and oxygen atoms in total. The highest BCUT2D eigenvalue weighted by atomic mass is 32.2. The summed E-state index contributed by atoms with van der Waals surface area (Å²) in [4.78, 5) is 13.4. The average molecular weight is 273 g/mol. The summed E-state index contributed by atoms with van der Waals surface area (Å²) in [6.45, 7) is 1.94. The van der Waals surface area contributed by atoms with Crippen molar-refractivity contribution in [1.29, 1.82) is 0 Å². The molecule has 0 radical (unpaired) electrons. The Labute approximate surface area is 111 Å². The number of rotatable bonds is 8. The van der Waals surface area contributed by atoms with Crippen LogP contribution in [0.2, 0.25) is 0 Å². The third-order valence-electron chi connectivity index (χ3n) is 2.26. The maximum Gasteiger partial charge on any atom is 0.310 e. The second-order valence-electron chi connectivity index (χ2n) is 3.64. The molecule has 0 bridgehead atoms. The van der Waals surface area contributed by atoms with Crippen LogP contribution in [0.15, 0.2) is 12.1 Å². The second kappa shape index (κ2) is 8.55. The first-order valence-electron chi connectivity index (χ1n) is 5.60. The van der Waals surface area contributed by atoms with Gasteiger partial charge in [-0.25, -0.2) is 0 Å². The van der Waals surface area contributed by atoms with Crippen LogP contribution in [0.4, 0.5) is 0 Å². The molecule has 0 unspecified atom stereocenters. The van der Waals surface area contributed by atoms with Gasteiger partial charge in [0.25, 0.3) is 0 Å². The van der Waals surface area contributed by atoms with Crippen molar-refractivity contribution in [1.82, 2.24) is 5.32 Å². The van der Waals surface area contributed by atoms with Gasteiger partial charge in [0.05, 0.1) is 13.5 Å². The van der Waals surface area contributed by atoms with E-state index in [0.29, 0.717) is 6.42 Å². The quantitative estimate of drug-likeness (QED) is 0.583. The van der Waals surface area contributed by atoms with E-state index in [1.54, 1.807) is 11.3 Å². The van der Waals surface area contributed by atoms with Crippen LogP contribution in [0.3, 0.4) is 0 Å². The number of thiophene rings is 1. The summed E-state index contributed by atoms with van der Waals surface area (Å²) >= 11 is 3.54. The van der Waals surface area contributed by atoms with Crippen LogP contribution in [0.25, 0.3) is 0 Å². The Morgan fingerprint density at radius 1 is 1.47 bits per heavy atom. The van der Waals surface area contributed by atoms with Crippen LogP contribution >= 0.6 is 23.1 Å². The average Bonchev–Trinajstić information content (AvgIpc) is 2.76. The second-order valence-corrected chi connectivity index (χ2v) is 5.88. The predicted octanol–water partition coefficient (Wildman–Crippen LogP) is 2.31. The Morgan fingerprint density at radius 2 is 2.24 bits per heavy atom. The van der Waals surface area contributed by atoms with E-state index in [9.17, 15) is 4.79 Å². The summed E-state index contributed by atoms with van der Waals surface area (Å²) in [5, 5.41) is 3.40. The lowest BCUT2D eigenvalue weighted by Gasteiger charge is -2.01. The highest BCUT2D eigenvalue weighted by Gasteiger charge is 2.05. The van der Waals surface area contributed by atoms with Crippen molar-refractivity contribution in [3.8, 4) is 0 Å². The fourth-order valence-electron chi connectivity index (χ4n) is 1.38. The minimum Gasteiger partial charge on any atom is -0.469 e. The highest BCUT2D eigenvalue weighted by Crippen LogP contribution is 2.17. The fourth-order valence-corrected chi connectivity index (χ4v) is 2.79. The molecule has 0 aliphatic heterocycles. The summed E-state index contributed by atoms with van der Waals surface area (Å²) in [6.07, 6.45) is 3.70. The van der Waals surface area contributed by atoms with E-state index in [0.717, 1.165) is 18.0 Å². The lowest BCUT2D eigenvalue weighted by molar-refractivity contribution is -0.139. The molecule has 5 heteroatoms. The number of hydrogen-bond donors (Lipinski definition) is 1. The maximum absolute atomic E-state index is 11.1. The molecule has 0 atom stereocenters. The van der Waals surface area contributed by atoms with E-state index in [1.165, 1.54) is 24.2 Å². The van der Waals surface area contributed by atoms with Crippen molar-refractivity contribution in [3.05, 3.63) is 21.9 Å². The first-order chi connectivity index (χ1) is 8.26. The third kappa shape index (κ3) is 6.10. The fraction of sp³-hybridized carbons (Fsp3) is 0.583. The molecule has 0 spiro atoms. The Hall–Kier alpha value is -0.520. The highest BCUT2D eigenvalue weighted by molar-refractivity contribution is 7.98. The Balaban J connectivity index is 2.23. The number of nitrogens with one attached hydrogen (secondary N) is 1. The zero-order valence-corrected chi connectivity index (χ0v) is 12.0. The van der Waals surface area contributed by atoms with Crippen molar-refractivity contribution in [3.63, 3.8) is 0 Å². The zero-order valence-electron chi connectivity index (χ0n) is 10.3. The lowest BCUT2D eigenvalue weighted by atomic mass is 10.3. The van der Waals surface area contributed by atoms with E-state index in [2.05, 4.69) is 22.4 Å². The van der Waals surface area contributed by atoms with Crippen molar-refractivity contribution >= 4 is 29.1 Å². The predicted molar refractivity (Wildman–Crippen MR) is 74.7 cm³/mol. The largest absolute Gasteiger partial charge is 0.469 e. The third-order valence-corrected chi connectivity index (χ3v) is 4.05. The number of ether oxygens (including phenoxy) is 1. The SMILES string of the molecule is COC(=O)Cc1ccc(CNCCCSC)s1.